The quantitative estimate of drug-likeness (QED) is 0.491. The summed E-state index contributed by atoms with van der Waals surface area (Å²) in [7, 11) is -2.60. The average Bonchev–Trinajstić information content (AvgIpc) is 2.79. The molecule has 21 heavy (non-hydrogen) atoms. The molecule has 0 unspecified atom stereocenters. The Balaban J connectivity index is 2.10. The monoisotopic (exact) mass is 291 g/mol. The van der Waals surface area contributed by atoms with Gasteiger partial charge >= 0.3 is 0 Å². The van der Waals surface area contributed by atoms with Gasteiger partial charge in [0, 0.05) is 11.1 Å². The van der Waals surface area contributed by atoms with Crippen LogP contribution in [0.5, 0.6) is 0 Å². The lowest BCUT2D eigenvalue weighted by Crippen LogP contribution is -1.96. The molecule has 1 aliphatic heterocycles. The van der Waals surface area contributed by atoms with Crippen LogP contribution in [0.4, 0.5) is 5.69 Å². The van der Waals surface area contributed by atoms with Crippen LogP contribution in [0.2, 0.25) is 0 Å². The summed E-state index contributed by atoms with van der Waals surface area (Å²) in [6.07, 6.45) is 0. The normalized spacial score (nSPS) is 14.3. The smallest absolute Gasteiger partial charge is 0.110 e. The largest absolute Gasteiger partial charge is 0.239 e. The van der Waals surface area contributed by atoms with E-state index in [1.165, 1.54) is 0 Å². The lowest BCUT2D eigenvalue weighted by Gasteiger charge is -2.05. The summed E-state index contributed by atoms with van der Waals surface area (Å²) >= 11 is 0. The van der Waals surface area contributed by atoms with Crippen molar-refractivity contribution in [3.05, 3.63) is 78.9 Å². The van der Waals surface area contributed by atoms with E-state index in [1.54, 1.807) is 0 Å². The van der Waals surface area contributed by atoms with E-state index in [2.05, 4.69) is 4.36 Å². The van der Waals surface area contributed by atoms with E-state index in [-0.39, 0.29) is 0 Å². The van der Waals surface area contributed by atoms with Crippen LogP contribution in [0.3, 0.4) is 0 Å². The predicted octanol–water partition coefficient (Wildman–Crippen LogP) is 4.88. The summed E-state index contributed by atoms with van der Waals surface area (Å²) in [5.41, 5.74) is 2.80. The maximum absolute atomic E-state index is 13.6. The molecule has 0 saturated heterocycles. The SMILES string of the molecule is O=S1(=Nc2ccccc2)c2ccccc2-c2ccccc21. The molecule has 0 amide bonds. The van der Waals surface area contributed by atoms with Gasteiger partial charge < -0.3 is 0 Å². The highest BCUT2D eigenvalue weighted by atomic mass is 32.2. The first-order valence-corrected chi connectivity index (χ1v) is 8.31. The fraction of sp³-hybridized carbons (Fsp3) is 0. The minimum Gasteiger partial charge on any atom is -0.239 e. The zero-order valence-corrected chi connectivity index (χ0v) is 12.1. The Hall–Kier alpha value is -2.39. The van der Waals surface area contributed by atoms with Gasteiger partial charge in [-0.1, -0.05) is 54.6 Å². The molecule has 0 N–H and O–H groups in total. The fourth-order valence-electron chi connectivity index (χ4n) is 2.71. The Bertz CT molecular complexity index is 887. The first-order valence-electron chi connectivity index (χ1n) is 6.80. The highest BCUT2D eigenvalue weighted by Gasteiger charge is 2.30. The van der Waals surface area contributed by atoms with E-state index in [0.717, 1.165) is 26.6 Å². The van der Waals surface area contributed by atoms with Gasteiger partial charge in [-0.15, -0.1) is 0 Å². The minimum absolute atomic E-state index is 0.744. The van der Waals surface area contributed by atoms with Crippen LogP contribution in [0.1, 0.15) is 0 Å². The first kappa shape index (κ1) is 12.4. The lowest BCUT2D eigenvalue weighted by atomic mass is 10.1. The molecule has 3 aromatic rings. The molecule has 2 nitrogen and oxygen atoms in total. The second kappa shape index (κ2) is 4.57. The van der Waals surface area contributed by atoms with Crippen LogP contribution in [0.15, 0.2) is 93.0 Å². The molecule has 0 saturated carbocycles. The van der Waals surface area contributed by atoms with E-state index in [1.807, 2.05) is 78.9 Å². The van der Waals surface area contributed by atoms with Gasteiger partial charge in [-0.2, -0.15) is 4.36 Å². The van der Waals surface area contributed by atoms with Crippen LogP contribution in [0, 0.1) is 0 Å². The molecule has 3 aromatic carbocycles. The molecule has 3 heteroatoms. The van der Waals surface area contributed by atoms with Crippen molar-refractivity contribution >= 4 is 15.4 Å². The van der Waals surface area contributed by atoms with Gasteiger partial charge in [0.2, 0.25) is 0 Å². The van der Waals surface area contributed by atoms with E-state index in [4.69, 9.17) is 0 Å². The number of hydrogen-bond acceptors (Lipinski definition) is 2. The van der Waals surface area contributed by atoms with Gasteiger partial charge in [-0.25, -0.2) is 4.21 Å². The summed E-state index contributed by atoms with van der Waals surface area (Å²) in [6, 6.07) is 25.2. The molecule has 0 fully saturated rings. The van der Waals surface area contributed by atoms with E-state index >= 15 is 0 Å². The third kappa shape index (κ3) is 1.82. The second-order valence-corrected chi connectivity index (χ2v) is 7.06. The molecule has 0 spiro atoms. The fourth-order valence-corrected chi connectivity index (χ4v) is 5.05. The van der Waals surface area contributed by atoms with Gasteiger partial charge in [-0.05, 0) is 24.3 Å². The Kier molecular flexibility index (Phi) is 2.69. The number of benzene rings is 3. The van der Waals surface area contributed by atoms with Crippen LogP contribution >= 0.6 is 0 Å². The maximum atomic E-state index is 13.6. The van der Waals surface area contributed by atoms with Crippen molar-refractivity contribution in [3.8, 4) is 11.1 Å². The molecule has 102 valence electrons. The molecule has 1 aliphatic rings. The van der Waals surface area contributed by atoms with Crippen molar-refractivity contribution in [2.24, 2.45) is 4.36 Å². The summed E-state index contributed by atoms with van der Waals surface area (Å²) in [5, 5.41) is 0. The molecular weight excluding hydrogens is 278 g/mol. The van der Waals surface area contributed by atoms with Crippen LogP contribution in [-0.2, 0) is 9.73 Å². The summed E-state index contributed by atoms with van der Waals surface area (Å²) < 4.78 is 18.2. The number of nitrogens with zero attached hydrogens (tertiary/aromatic N) is 1. The maximum Gasteiger partial charge on any atom is 0.110 e. The Morgan fingerprint density at radius 3 is 1.67 bits per heavy atom. The van der Waals surface area contributed by atoms with Crippen molar-refractivity contribution in [3.63, 3.8) is 0 Å². The van der Waals surface area contributed by atoms with Crippen molar-refractivity contribution in [2.45, 2.75) is 9.79 Å². The molecule has 0 aliphatic carbocycles. The van der Waals surface area contributed by atoms with Crippen molar-refractivity contribution in [1.82, 2.24) is 0 Å². The topological polar surface area (TPSA) is 29.4 Å². The van der Waals surface area contributed by atoms with Crippen molar-refractivity contribution < 1.29 is 4.21 Å². The standard InChI is InChI=1S/C18H13NOS/c20-21(19-14-8-2-1-3-9-14)17-12-6-4-10-15(17)16-11-5-7-13-18(16)21/h1-13H. The number of fused-ring (bicyclic) bond motifs is 3. The highest BCUT2D eigenvalue weighted by Crippen LogP contribution is 2.45. The van der Waals surface area contributed by atoms with Crippen molar-refractivity contribution in [1.29, 1.82) is 0 Å². The summed E-state index contributed by atoms with van der Waals surface area (Å²) in [6.45, 7) is 0. The Morgan fingerprint density at radius 1 is 0.619 bits per heavy atom. The Labute approximate surface area is 124 Å². The van der Waals surface area contributed by atoms with Crippen LogP contribution < -0.4 is 0 Å². The third-order valence-electron chi connectivity index (χ3n) is 3.65. The zero-order valence-electron chi connectivity index (χ0n) is 11.3. The van der Waals surface area contributed by atoms with Gasteiger partial charge in [0.15, 0.2) is 0 Å². The lowest BCUT2D eigenvalue weighted by molar-refractivity contribution is 0.678. The summed E-state index contributed by atoms with van der Waals surface area (Å²) in [4.78, 5) is 1.63. The van der Waals surface area contributed by atoms with E-state index in [9.17, 15) is 4.21 Å². The molecular formula is C18H13NOS. The van der Waals surface area contributed by atoms with E-state index in [0.29, 0.717) is 0 Å². The number of hydrogen-bond donors (Lipinski definition) is 0. The first-order chi connectivity index (χ1) is 10.3. The van der Waals surface area contributed by atoms with Gasteiger partial charge in [-0.3, -0.25) is 0 Å². The predicted molar refractivity (Wildman–Crippen MR) is 85.1 cm³/mol. The molecule has 0 aromatic heterocycles. The van der Waals surface area contributed by atoms with Gasteiger partial charge in [0.05, 0.1) is 15.5 Å². The molecule has 1 heterocycles. The van der Waals surface area contributed by atoms with Crippen LogP contribution in [-0.4, -0.2) is 4.21 Å². The highest BCUT2D eigenvalue weighted by molar-refractivity contribution is 7.94. The molecule has 0 radical (unpaired) electrons. The number of rotatable bonds is 1. The Morgan fingerprint density at radius 2 is 1.10 bits per heavy atom. The minimum atomic E-state index is -2.60. The van der Waals surface area contributed by atoms with Crippen LogP contribution in [0.25, 0.3) is 11.1 Å². The van der Waals surface area contributed by atoms with Crippen molar-refractivity contribution in [2.75, 3.05) is 0 Å². The summed E-state index contributed by atoms with van der Waals surface area (Å²) in [5.74, 6) is 0. The second-order valence-electron chi connectivity index (χ2n) is 4.94. The molecule has 0 atom stereocenters. The molecule has 4 rings (SSSR count). The third-order valence-corrected chi connectivity index (χ3v) is 6.02. The molecule has 0 bridgehead atoms. The average molecular weight is 291 g/mol. The van der Waals surface area contributed by atoms with Gasteiger partial charge in [0.1, 0.15) is 9.73 Å². The zero-order chi connectivity index (χ0) is 14.3. The van der Waals surface area contributed by atoms with Gasteiger partial charge in [0.25, 0.3) is 0 Å². The van der Waals surface area contributed by atoms with E-state index < -0.39 is 9.73 Å².